The first-order valence-corrected chi connectivity index (χ1v) is 8.09. The quantitative estimate of drug-likeness (QED) is 0.820. The number of benzene rings is 1. The molecule has 2 atom stereocenters. The molecule has 0 bridgehead atoms. The van der Waals surface area contributed by atoms with E-state index in [9.17, 15) is 0 Å². The van der Waals surface area contributed by atoms with Crippen molar-refractivity contribution in [2.75, 3.05) is 13.2 Å². The lowest BCUT2D eigenvalue weighted by atomic mass is 9.99. The molecule has 1 heterocycles. The van der Waals surface area contributed by atoms with Gasteiger partial charge in [0.1, 0.15) is 0 Å². The van der Waals surface area contributed by atoms with Crippen LogP contribution in [0.3, 0.4) is 0 Å². The Balaban J connectivity index is 2.14. The molecule has 0 radical (unpaired) electrons. The standard InChI is InChI=1S/C14H19Br2NO/c1-2-17-14(9-11-4-3-7-18-11)12-8-10(15)5-6-13(12)16/h5-6,8,11,14,17H,2-4,7,9H2,1H3. The SMILES string of the molecule is CCNC(CC1CCCO1)c1cc(Br)ccc1Br. The molecule has 100 valence electrons. The van der Waals surface area contributed by atoms with Gasteiger partial charge in [-0.15, -0.1) is 0 Å². The molecule has 1 N–H and O–H groups in total. The van der Waals surface area contributed by atoms with Crippen molar-refractivity contribution in [2.45, 2.75) is 38.3 Å². The van der Waals surface area contributed by atoms with Gasteiger partial charge in [-0.2, -0.15) is 0 Å². The fourth-order valence-corrected chi connectivity index (χ4v) is 3.34. The number of nitrogens with one attached hydrogen (secondary N) is 1. The van der Waals surface area contributed by atoms with Crippen LogP contribution in [0, 0.1) is 0 Å². The van der Waals surface area contributed by atoms with Crippen LogP contribution in [0.5, 0.6) is 0 Å². The Morgan fingerprint density at radius 1 is 1.44 bits per heavy atom. The van der Waals surface area contributed by atoms with Crippen LogP contribution in [0.4, 0.5) is 0 Å². The van der Waals surface area contributed by atoms with Crippen molar-refractivity contribution < 1.29 is 4.74 Å². The molecule has 1 fully saturated rings. The number of rotatable bonds is 5. The van der Waals surface area contributed by atoms with Crippen molar-refractivity contribution in [1.29, 1.82) is 0 Å². The summed E-state index contributed by atoms with van der Waals surface area (Å²) in [5, 5.41) is 3.56. The molecule has 2 unspecified atom stereocenters. The Kier molecular flexibility index (Phi) is 5.67. The molecule has 0 amide bonds. The summed E-state index contributed by atoms with van der Waals surface area (Å²) in [6.45, 7) is 4.04. The van der Waals surface area contributed by atoms with Crippen LogP contribution in [0.15, 0.2) is 27.1 Å². The van der Waals surface area contributed by atoms with Gasteiger partial charge in [0.25, 0.3) is 0 Å². The van der Waals surface area contributed by atoms with Crippen LogP contribution in [-0.4, -0.2) is 19.3 Å². The average Bonchev–Trinajstić information content (AvgIpc) is 2.85. The van der Waals surface area contributed by atoms with Crippen LogP contribution in [-0.2, 0) is 4.74 Å². The Morgan fingerprint density at radius 2 is 2.28 bits per heavy atom. The first-order chi connectivity index (χ1) is 8.70. The molecular formula is C14H19Br2NO. The molecule has 1 aliphatic rings. The van der Waals surface area contributed by atoms with E-state index >= 15 is 0 Å². The fraction of sp³-hybridized carbons (Fsp3) is 0.571. The molecule has 1 aliphatic heterocycles. The van der Waals surface area contributed by atoms with Gasteiger partial charge in [0.05, 0.1) is 6.10 Å². The molecule has 2 rings (SSSR count). The summed E-state index contributed by atoms with van der Waals surface area (Å²) in [4.78, 5) is 0. The Labute approximate surface area is 126 Å². The van der Waals surface area contributed by atoms with Gasteiger partial charge in [0.15, 0.2) is 0 Å². The molecule has 0 spiro atoms. The maximum Gasteiger partial charge on any atom is 0.0594 e. The van der Waals surface area contributed by atoms with Crippen LogP contribution in [0.25, 0.3) is 0 Å². The first-order valence-electron chi connectivity index (χ1n) is 6.50. The van der Waals surface area contributed by atoms with Crippen molar-refractivity contribution in [2.24, 2.45) is 0 Å². The van der Waals surface area contributed by atoms with Crippen molar-refractivity contribution in [1.82, 2.24) is 5.32 Å². The number of hydrogen-bond acceptors (Lipinski definition) is 2. The maximum absolute atomic E-state index is 5.75. The van der Waals surface area contributed by atoms with E-state index in [1.165, 1.54) is 18.4 Å². The van der Waals surface area contributed by atoms with Crippen molar-refractivity contribution in [3.8, 4) is 0 Å². The van der Waals surface area contributed by atoms with Crippen LogP contribution in [0.2, 0.25) is 0 Å². The van der Waals surface area contributed by atoms with Crippen molar-refractivity contribution >= 4 is 31.9 Å². The van der Waals surface area contributed by atoms with Gasteiger partial charge in [0.2, 0.25) is 0 Å². The first kappa shape index (κ1) is 14.5. The van der Waals surface area contributed by atoms with E-state index in [2.05, 4.69) is 62.3 Å². The summed E-state index contributed by atoms with van der Waals surface area (Å²) in [6.07, 6.45) is 3.83. The molecule has 1 aromatic rings. The van der Waals surface area contributed by atoms with E-state index in [-0.39, 0.29) is 0 Å². The molecular weight excluding hydrogens is 358 g/mol. The minimum absolute atomic E-state index is 0.352. The minimum atomic E-state index is 0.352. The molecule has 4 heteroatoms. The zero-order chi connectivity index (χ0) is 13.0. The maximum atomic E-state index is 5.75. The zero-order valence-corrected chi connectivity index (χ0v) is 13.8. The van der Waals surface area contributed by atoms with Gasteiger partial charge < -0.3 is 10.1 Å². The Morgan fingerprint density at radius 3 is 2.94 bits per heavy atom. The number of ether oxygens (including phenoxy) is 1. The van der Waals surface area contributed by atoms with Gasteiger partial charge in [-0.25, -0.2) is 0 Å². The highest BCUT2D eigenvalue weighted by molar-refractivity contribution is 9.11. The molecule has 0 aromatic heterocycles. The highest BCUT2D eigenvalue weighted by atomic mass is 79.9. The summed E-state index contributed by atoms with van der Waals surface area (Å²) < 4.78 is 8.04. The van der Waals surface area contributed by atoms with Gasteiger partial charge >= 0.3 is 0 Å². The van der Waals surface area contributed by atoms with E-state index < -0.39 is 0 Å². The summed E-state index contributed by atoms with van der Waals surface area (Å²) in [5.41, 5.74) is 1.31. The third kappa shape index (κ3) is 3.80. The molecule has 1 aromatic carbocycles. The molecule has 1 saturated heterocycles. The van der Waals surface area contributed by atoms with E-state index in [1.807, 2.05) is 0 Å². The lowest BCUT2D eigenvalue weighted by molar-refractivity contribution is 0.0947. The molecule has 18 heavy (non-hydrogen) atoms. The second kappa shape index (κ2) is 7.04. The largest absolute Gasteiger partial charge is 0.378 e. The lowest BCUT2D eigenvalue weighted by Crippen LogP contribution is -2.25. The summed E-state index contributed by atoms with van der Waals surface area (Å²) >= 11 is 7.20. The van der Waals surface area contributed by atoms with Gasteiger partial charge in [-0.1, -0.05) is 38.8 Å². The van der Waals surface area contributed by atoms with Gasteiger partial charge in [-0.05, 0) is 49.6 Å². The lowest BCUT2D eigenvalue weighted by Gasteiger charge is -2.23. The molecule has 2 nitrogen and oxygen atoms in total. The topological polar surface area (TPSA) is 21.3 Å². The van der Waals surface area contributed by atoms with Crippen molar-refractivity contribution in [3.05, 3.63) is 32.7 Å². The van der Waals surface area contributed by atoms with Crippen LogP contribution in [0.1, 0.15) is 37.8 Å². The van der Waals surface area contributed by atoms with Gasteiger partial charge in [0, 0.05) is 21.6 Å². The Bertz CT molecular complexity index is 391. The predicted molar refractivity (Wildman–Crippen MR) is 81.9 cm³/mol. The summed E-state index contributed by atoms with van der Waals surface area (Å²) in [5.74, 6) is 0. The zero-order valence-electron chi connectivity index (χ0n) is 10.6. The minimum Gasteiger partial charge on any atom is -0.378 e. The Hall–Kier alpha value is 0.1000. The number of halogens is 2. The highest BCUT2D eigenvalue weighted by Gasteiger charge is 2.22. The summed E-state index contributed by atoms with van der Waals surface area (Å²) in [6, 6.07) is 6.69. The normalized spacial score (nSPS) is 21.2. The predicted octanol–water partition coefficient (Wildman–Crippen LogP) is 4.43. The monoisotopic (exact) mass is 375 g/mol. The van der Waals surface area contributed by atoms with Crippen molar-refractivity contribution in [3.63, 3.8) is 0 Å². The second-order valence-corrected chi connectivity index (χ2v) is 6.42. The van der Waals surface area contributed by atoms with E-state index in [0.29, 0.717) is 12.1 Å². The highest BCUT2D eigenvalue weighted by Crippen LogP contribution is 2.31. The second-order valence-electron chi connectivity index (χ2n) is 4.65. The number of hydrogen-bond donors (Lipinski definition) is 1. The molecule has 0 aliphatic carbocycles. The van der Waals surface area contributed by atoms with Gasteiger partial charge in [-0.3, -0.25) is 0 Å². The molecule has 0 saturated carbocycles. The summed E-state index contributed by atoms with van der Waals surface area (Å²) in [7, 11) is 0. The third-order valence-electron chi connectivity index (χ3n) is 3.31. The fourth-order valence-electron chi connectivity index (χ4n) is 2.44. The third-order valence-corrected chi connectivity index (χ3v) is 4.52. The van der Waals surface area contributed by atoms with E-state index in [0.717, 1.165) is 28.5 Å². The van der Waals surface area contributed by atoms with Crippen LogP contribution < -0.4 is 5.32 Å². The van der Waals surface area contributed by atoms with E-state index in [1.54, 1.807) is 0 Å². The smallest absolute Gasteiger partial charge is 0.0594 e. The van der Waals surface area contributed by atoms with E-state index in [4.69, 9.17) is 4.74 Å². The van der Waals surface area contributed by atoms with Crippen LogP contribution >= 0.6 is 31.9 Å². The average molecular weight is 377 g/mol.